The van der Waals surface area contributed by atoms with Gasteiger partial charge in [-0.1, -0.05) is 0 Å². The minimum Gasteiger partial charge on any atom is -0.543 e. The summed E-state index contributed by atoms with van der Waals surface area (Å²) in [5.41, 5.74) is 0. The predicted octanol–water partition coefficient (Wildman–Crippen LogP) is -12.5. The Kier molecular flexibility index (Phi) is 36.8. The molecule has 0 fully saturated rings. The molecule has 0 saturated carbocycles. The molecule has 0 aromatic carbocycles. The molecular formula is C2K3O4+. The van der Waals surface area contributed by atoms with Crippen molar-refractivity contribution in [1.82, 2.24) is 0 Å². The van der Waals surface area contributed by atoms with Crippen molar-refractivity contribution in [1.29, 1.82) is 0 Å². The Labute approximate surface area is 180 Å². The molecule has 0 atom stereocenters. The summed E-state index contributed by atoms with van der Waals surface area (Å²) in [4.78, 5) is 17.9. The SMILES string of the molecule is O=C([O-])C(=O)[O-].[K+].[K+].[K+]. The summed E-state index contributed by atoms with van der Waals surface area (Å²) in [5.74, 6) is -4.37. The van der Waals surface area contributed by atoms with Crippen LogP contribution in [0.25, 0.3) is 0 Å². The average Bonchev–Trinajstić information content (AvgIpc) is 1.36. The van der Waals surface area contributed by atoms with Gasteiger partial charge >= 0.3 is 154 Å². The van der Waals surface area contributed by atoms with Gasteiger partial charge in [0.1, 0.15) is 0 Å². The molecule has 0 N–H and O–H groups in total. The van der Waals surface area contributed by atoms with Crippen molar-refractivity contribution in [2.75, 3.05) is 0 Å². The van der Waals surface area contributed by atoms with Crippen molar-refractivity contribution >= 4 is 11.9 Å². The Balaban J connectivity index is -0.0000000417. The summed E-state index contributed by atoms with van der Waals surface area (Å²) in [5, 5.41) is 17.9. The molecule has 4 nitrogen and oxygen atoms in total. The molecule has 0 rings (SSSR count). The Bertz CT molecular complexity index is 79.8. The molecule has 0 saturated heterocycles. The molecule has 0 aliphatic heterocycles. The van der Waals surface area contributed by atoms with Gasteiger partial charge in [0.15, 0.2) is 0 Å². The molecule has 0 aromatic heterocycles. The van der Waals surface area contributed by atoms with Crippen LogP contribution in [-0.4, -0.2) is 11.9 Å². The minimum atomic E-state index is -2.19. The fraction of sp³-hybridized carbons (Fsp3) is 0. The molecular weight excluding hydrogens is 205 g/mol. The molecule has 0 aliphatic rings. The first-order valence-corrected chi connectivity index (χ1v) is 1.07. The van der Waals surface area contributed by atoms with Crippen LogP contribution in [0.1, 0.15) is 0 Å². The summed E-state index contributed by atoms with van der Waals surface area (Å²) in [6.07, 6.45) is 0. The zero-order valence-electron chi connectivity index (χ0n) is 5.63. The van der Waals surface area contributed by atoms with Crippen LogP contribution in [0.5, 0.6) is 0 Å². The topological polar surface area (TPSA) is 80.3 Å². The van der Waals surface area contributed by atoms with Crippen LogP contribution in [0.15, 0.2) is 0 Å². The van der Waals surface area contributed by atoms with Crippen molar-refractivity contribution in [3.8, 4) is 0 Å². The number of hydrogen-bond acceptors (Lipinski definition) is 4. The zero-order valence-corrected chi connectivity index (χ0v) is 15.0. The van der Waals surface area contributed by atoms with Crippen LogP contribution in [0.2, 0.25) is 0 Å². The van der Waals surface area contributed by atoms with E-state index in [1.807, 2.05) is 0 Å². The second kappa shape index (κ2) is 14.4. The van der Waals surface area contributed by atoms with Crippen LogP contribution in [0, 0.1) is 0 Å². The first kappa shape index (κ1) is 23.0. The third-order valence-electron chi connectivity index (χ3n) is 0.167. The van der Waals surface area contributed by atoms with E-state index in [2.05, 4.69) is 0 Å². The molecule has 0 amide bonds. The van der Waals surface area contributed by atoms with Gasteiger partial charge in [-0.25, -0.2) is 0 Å². The summed E-state index contributed by atoms with van der Waals surface area (Å²) in [7, 11) is 0. The molecule has 34 valence electrons. The summed E-state index contributed by atoms with van der Waals surface area (Å²) in [6, 6.07) is 0. The quantitative estimate of drug-likeness (QED) is 0.290. The monoisotopic (exact) mass is 205 g/mol. The van der Waals surface area contributed by atoms with E-state index in [9.17, 15) is 0 Å². The van der Waals surface area contributed by atoms with Gasteiger partial charge in [0.05, 0.1) is 11.9 Å². The number of carboxylic acid groups (broad SMARTS) is 2. The maximum atomic E-state index is 8.93. The number of carbonyl (C=O) groups excluding carboxylic acids is 2. The molecule has 0 aliphatic carbocycles. The van der Waals surface area contributed by atoms with E-state index in [4.69, 9.17) is 19.8 Å². The van der Waals surface area contributed by atoms with E-state index in [-0.39, 0.29) is 154 Å². The molecule has 7 heteroatoms. The van der Waals surface area contributed by atoms with Gasteiger partial charge in [0.25, 0.3) is 0 Å². The summed E-state index contributed by atoms with van der Waals surface area (Å²) < 4.78 is 0. The Morgan fingerprint density at radius 1 is 0.778 bits per heavy atom. The van der Waals surface area contributed by atoms with Crippen LogP contribution >= 0.6 is 0 Å². The first-order chi connectivity index (χ1) is 2.64. The molecule has 0 bridgehead atoms. The first-order valence-electron chi connectivity index (χ1n) is 1.07. The summed E-state index contributed by atoms with van der Waals surface area (Å²) >= 11 is 0. The minimum absolute atomic E-state index is 0. The predicted molar refractivity (Wildman–Crippen MR) is 10.0 cm³/mol. The Morgan fingerprint density at radius 3 is 0.889 bits per heavy atom. The smallest absolute Gasteiger partial charge is 0.543 e. The van der Waals surface area contributed by atoms with Gasteiger partial charge < -0.3 is 19.8 Å². The molecule has 0 radical (unpaired) electrons. The summed E-state index contributed by atoms with van der Waals surface area (Å²) in [6.45, 7) is 0. The van der Waals surface area contributed by atoms with E-state index in [1.165, 1.54) is 0 Å². The molecule has 0 heterocycles. The maximum Gasteiger partial charge on any atom is 1.00 e. The van der Waals surface area contributed by atoms with Gasteiger partial charge in [-0.2, -0.15) is 0 Å². The molecule has 0 aromatic rings. The van der Waals surface area contributed by atoms with Crippen LogP contribution in [-0.2, 0) is 9.59 Å². The van der Waals surface area contributed by atoms with Gasteiger partial charge in [-0.3, -0.25) is 0 Å². The van der Waals surface area contributed by atoms with E-state index in [0.29, 0.717) is 0 Å². The molecule has 9 heavy (non-hydrogen) atoms. The molecule has 0 spiro atoms. The van der Waals surface area contributed by atoms with E-state index in [1.54, 1.807) is 0 Å². The second-order valence-electron chi connectivity index (χ2n) is 0.575. The third-order valence-corrected chi connectivity index (χ3v) is 0.167. The number of carboxylic acids is 2. The van der Waals surface area contributed by atoms with Gasteiger partial charge in [0.2, 0.25) is 0 Å². The van der Waals surface area contributed by atoms with Gasteiger partial charge in [-0.05, 0) is 0 Å². The third kappa shape index (κ3) is 18.7. The Hall–Kier alpha value is 3.85. The normalized spacial score (nSPS) is 4.89. The fourth-order valence-corrected chi connectivity index (χ4v) is 0. The second-order valence-corrected chi connectivity index (χ2v) is 0.575. The largest absolute Gasteiger partial charge is 1.00 e. The average molecular weight is 205 g/mol. The van der Waals surface area contributed by atoms with Gasteiger partial charge in [-0.15, -0.1) is 0 Å². The molecule has 0 unspecified atom stereocenters. The number of carbonyl (C=O) groups is 2. The zero-order chi connectivity index (χ0) is 5.15. The van der Waals surface area contributed by atoms with Crippen molar-refractivity contribution in [2.24, 2.45) is 0 Å². The van der Waals surface area contributed by atoms with Crippen LogP contribution in [0.4, 0.5) is 0 Å². The standard InChI is InChI=1S/C2H2O4.3K/c3-1(4)2(5)6;;;/h(H,3,4)(H,5,6);;;/q;3*+1/p-2. The van der Waals surface area contributed by atoms with E-state index >= 15 is 0 Å². The van der Waals surface area contributed by atoms with Gasteiger partial charge in [0, 0.05) is 0 Å². The number of hydrogen-bond donors (Lipinski definition) is 0. The number of aliphatic carboxylic acids is 2. The van der Waals surface area contributed by atoms with Crippen LogP contribution < -0.4 is 164 Å². The van der Waals surface area contributed by atoms with Crippen molar-refractivity contribution in [3.05, 3.63) is 0 Å². The Morgan fingerprint density at radius 2 is 0.889 bits per heavy atom. The van der Waals surface area contributed by atoms with E-state index in [0.717, 1.165) is 0 Å². The van der Waals surface area contributed by atoms with Crippen molar-refractivity contribution < 1.29 is 174 Å². The number of rotatable bonds is 0. The van der Waals surface area contributed by atoms with E-state index < -0.39 is 11.9 Å². The maximum absolute atomic E-state index is 8.93. The fourth-order valence-electron chi connectivity index (χ4n) is 0. The van der Waals surface area contributed by atoms with Crippen molar-refractivity contribution in [3.63, 3.8) is 0 Å². The van der Waals surface area contributed by atoms with Crippen molar-refractivity contribution in [2.45, 2.75) is 0 Å². The van der Waals surface area contributed by atoms with Crippen LogP contribution in [0.3, 0.4) is 0 Å².